The summed E-state index contributed by atoms with van der Waals surface area (Å²) in [6.07, 6.45) is 4.60. The van der Waals surface area contributed by atoms with Crippen LogP contribution in [0.25, 0.3) is 0 Å². The molecule has 1 aliphatic heterocycles. The van der Waals surface area contributed by atoms with Crippen LogP contribution in [0, 0.1) is 0 Å². The Bertz CT molecular complexity index is 243. The molecule has 0 aromatic rings. The SMILES string of the molecule is CCOCCOC1CCN(C(=O)CCCCCl)CC1. The Labute approximate surface area is 121 Å². The van der Waals surface area contributed by atoms with Crippen molar-refractivity contribution in [3.05, 3.63) is 0 Å². The summed E-state index contributed by atoms with van der Waals surface area (Å²) in [7, 11) is 0. The van der Waals surface area contributed by atoms with Crippen molar-refractivity contribution in [2.24, 2.45) is 0 Å². The second-order valence-corrected chi connectivity index (χ2v) is 5.17. The van der Waals surface area contributed by atoms with Crippen molar-refractivity contribution >= 4 is 17.5 Å². The minimum Gasteiger partial charge on any atom is -0.379 e. The minimum absolute atomic E-state index is 0.262. The van der Waals surface area contributed by atoms with E-state index in [0.717, 1.165) is 45.4 Å². The van der Waals surface area contributed by atoms with Gasteiger partial charge in [0.25, 0.3) is 0 Å². The molecule has 5 heteroatoms. The van der Waals surface area contributed by atoms with Crippen molar-refractivity contribution in [3.8, 4) is 0 Å². The molecule has 0 bridgehead atoms. The van der Waals surface area contributed by atoms with Crippen LogP contribution in [0.15, 0.2) is 0 Å². The summed E-state index contributed by atoms with van der Waals surface area (Å²) in [4.78, 5) is 13.9. The van der Waals surface area contributed by atoms with Gasteiger partial charge in [0.2, 0.25) is 5.91 Å². The Balaban J connectivity index is 2.09. The zero-order chi connectivity index (χ0) is 13.9. The second-order valence-electron chi connectivity index (χ2n) is 4.79. The number of nitrogens with zero attached hydrogens (tertiary/aromatic N) is 1. The molecule has 112 valence electrons. The van der Waals surface area contributed by atoms with Crippen molar-refractivity contribution in [2.45, 2.75) is 45.1 Å². The van der Waals surface area contributed by atoms with Gasteiger partial charge in [-0.05, 0) is 32.6 Å². The number of halogens is 1. The van der Waals surface area contributed by atoms with Gasteiger partial charge in [0, 0.05) is 32.0 Å². The molecular weight excluding hydrogens is 266 g/mol. The third-order valence-corrected chi connectivity index (χ3v) is 3.62. The Morgan fingerprint density at radius 2 is 2.00 bits per heavy atom. The quantitative estimate of drug-likeness (QED) is 0.484. The molecule has 0 saturated carbocycles. The highest BCUT2D eigenvalue weighted by Gasteiger charge is 2.22. The predicted molar refractivity (Wildman–Crippen MR) is 76.6 cm³/mol. The lowest BCUT2D eigenvalue weighted by Crippen LogP contribution is -2.41. The molecule has 1 saturated heterocycles. The van der Waals surface area contributed by atoms with Gasteiger partial charge in [0.1, 0.15) is 0 Å². The zero-order valence-corrected chi connectivity index (χ0v) is 12.7. The third kappa shape index (κ3) is 7.14. The van der Waals surface area contributed by atoms with Gasteiger partial charge < -0.3 is 14.4 Å². The van der Waals surface area contributed by atoms with Gasteiger partial charge in [0.05, 0.1) is 19.3 Å². The number of rotatable bonds is 9. The number of unbranched alkanes of at least 4 members (excludes halogenated alkanes) is 1. The van der Waals surface area contributed by atoms with Gasteiger partial charge in [0.15, 0.2) is 0 Å². The standard InChI is InChI=1S/C14H26ClNO3/c1-2-18-11-12-19-13-6-9-16(10-7-13)14(17)5-3-4-8-15/h13H,2-12H2,1H3. The molecule has 0 N–H and O–H groups in total. The van der Waals surface area contributed by atoms with Crippen LogP contribution < -0.4 is 0 Å². The fourth-order valence-corrected chi connectivity index (χ4v) is 2.41. The number of carbonyl (C=O) groups is 1. The highest BCUT2D eigenvalue weighted by atomic mass is 35.5. The number of amides is 1. The summed E-state index contributed by atoms with van der Waals surface area (Å²) in [6.45, 7) is 5.67. The van der Waals surface area contributed by atoms with Crippen molar-refractivity contribution in [3.63, 3.8) is 0 Å². The van der Waals surface area contributed by atoms with Crippen molar-refractivity contribution in [1.82, 2.24) is 4.90 Å². The van der Waals surface area contributed by atoms with E-state index in [4.69, 9.17) is 21.1 Å². The Kier molecular flexibility index (Phi) is 9.22. The maximum absolute atomic E-state index is 11.9. The molecular formula is C14H26ClNO3. The summed E-state index contributed by atoms with van der Waals surface area (Å²) in [5.41, 5.74) is 0. The average Bonchev–Trinajstić information content (AvgIpc) is 2.44. The Morgan fingerprint density at radius 3 is 2.63 bits per heavy atom. The fraction of sp³-hybridized carbons (Fsp3) is 0.929. The van der Waals surface area contributed by atoms with Crippen molar-refractivity contribution < 1.29 is 14.3 Å². The molecule has 19 heavy (non-hydrogen) atoms. The van der Waals surface area contributed by atoms with Gasteiger partial charge in [-0.3, -0.25) is 4.79 Å². The first-order chi connectivity index (χ1) is 9.27. The van der Waals surface area contributed by atoms with Gasteiger partial charge in [-0.2, -0.15) is 0 Å². The van der Waals surface area contributed by atoms with Gasteiger partial charge in [-0.1, -0.05) is 0 Å². The van der Waals surface area contributed by atoms with Gasteiger partial charge >= 0.3 is 0 Å². The number of piperidine rings is 1. The molecule has 1 amide bonds. The molecule has 0 spiro atoms. The van der Waals surface area contributed by atoms with E-state index in [0.29, 0.717) is 25.5 Å². The molecule has 0 unspecified atom stereocenters. The van der Waals surface area contributed by atoms with E-state index >= 15 is 0 Å². The fourth-order valence-electron chi connectivity index (χ4n) is 2.22. The van der Waals surface area contributed by atoms with E-state index in [2.05, 4.69) is 0 Å². The van der Waals surface area contributed by atoms with E-state index in [1.807, 2.05) is 11.8 Å². The van der Waals surface area contributed by atoms with E-state index in [1.165, 1.54) is 0 Å². The van der Waals surface area contributed by atoms with Gasteiger partial charge in [-0.15, -0.1) is 11.6 Å². The predicted octanol–water partition coefficient (Wildman–Crippen LogP) is 2.44. The Hall–Kier alpha value is -0.320. The Morgan fingerprint density at radius 1 is 1.26 bits per heavy atom. The lowest BCUT2D eigenvalue weighted by atomic mass is 10.1. The van der Waals surface area contributed by atoms with Crippen LogP contribution >= 0.6 is 11.6 Å². The molecule has 1 aliphatic rings. The highest BCUT2D eigenvalue weighted by molar-refractivity contribution is 6.17. The first-order valence-electron chi connectivity index (χ1n) is 7.31. The smallest absolute Gasteiger partial charge is 0.222 e. The number of carbonyl (C=O) groups excluding carboxylic acids is 1. The maximum Gasteiger partial charge on any atom is 0.222 e. The van der Waals surface area contributed by atoms with Crippen LogP contribution in [0.1, 0.15) is 39.0 Å². The summed E-state index contributed by atoms with van der Waals surface area (Å²) < 4.78 is 11.0. The number of likely N-dealkylation sites (tertiary alicyclic amines) is 1. The van der Waals surface area contributed by atoms with Crippen molar-refractivity contribution in [2.75, 3.05) is 38.8 Å². The molecule has 0 aliphatic carbocycles. The van der Waals surface area contributed by atoms with E-state index < -0.39 is 0 Å². The molecule has 1 rings (SSSR count). The molecule has 0 aromatic carbocycles. The van der Waals surface area contributed by atoms with E-state index in [1.54, 1.807) is 0 Å². The third-order valence-electron chi connectivity index (χ3n) is 3.35. The molecule has 1 heterocycles. The molecule has 0 aromatic heterocycles. The van der Waals surface area contributed by atoms with Crippen LogP contribution in [0.5, 0.6) is 0 Å². The second kappa shape index (κ2) is 10.5. The summed E-state index contributed by atoms with van der Waals surface area (Å²) in [5, 5.41) is 0. The van der Waals surface area contributed by atoms with Gasteiger partial charge in [-0.25, -0.2) is 0 Å². The maximum atomic E-state index is 11.9. The minimum atomic E-state index is 0.262. The average molecular weight is 292 g/mol. The molecule has 4 nitrogen and oxygen atoms in total. The van der Waals surface area contributed by atoms with Crippen LogP contribution in [0.2, 0.25) is 0 Å². The lowest BCUT2D eigenvalue weighted by Gasteiger charge is -2.32. The van der Waals surface area contributed by atoms with Crippen molar-refractivity contribution in [1.29, 1.82) is 0 Å². The van der Waals surface area contributed by atoms with Crippen LogP contribution in [0.3, 0.4) is 0 Å². The largest absolute Gasteiger partial charge is 0.379 e. The first-order valence-corrected chi connectivity index (χ1v) is 7.84. The molecule has 0 radical (unpaired) electrons. The molecule has 0 atom stereocenters. The van der Waals surface area contributed by atoms with E-state index in [9.17, 15) is 4.79 Å². The summed E-state index contributed by atoms with van der Waals surface area (Å²) in [5.74, 6) is 0.904. The first kappa shape index (κ1) is 16.7. The van der Waals surface area contributed by atoms with Crippen LogP contribution in [-0.2, 0) is 14.3 Å². The molecule has 1 fully saturated rings. The van der Waals surface area contributed by atoms with Crippen LogP contribution in [-0.4, -0.2) is 55.7 Å². The summed E-state index contributed by atoms with van der Waals surface area (Å²) >= 11 is 5.61. The normalized spacial score (nSPS) is 16.8. The number of hydrogen-bond donors (Lipinski definition) is 0. The highest BCUT2D eigenvalue weighted by Crippen LogP contribution is 2.15. The lowest BCUT2D eigenvalue weighted by molar-refractivity contribution is -0.134. The summed E-state index contributed by atoms with van der Waals surface area (Å²) in [6, 6.07) is 0. The van der Waals surface area contributed by atoms with Crippen LogP contribution in [0.4, 0.5) is 0 Å². The number of ether oxygens (including phenoxy) is 2. The zero-order valence-electron chi connectivity index (χ0n) is 11.9. The monoisotopic (exact) mass is 291 g/mol. The van der Waals surface area contributed by atoms with E-state index in [-0.39, 0.29) is 12.0 Å². The topological polar surface area (TPSA) is 38.8 Å². The number of alkyl halides is 1. The number of hydrogen-bond acceptors (Lipinski definition) is 3.